The van der Waals surface area contributed by atoms with Gasteiger partial charge in [-0.25, -0.2) is 9.78 Å². The molecule has 1 aromatic carbocycles. The Labute approximate surface area is 150 Å². The summed E-state index contributed by atoms with van der Waals surface area (Å²) in [7, 11) is 1.52. The monoisotopic (exact) mass is 362 g/mol. The lowest BCUT2D eigenvalue weighted by atomic mass is 10.1. The van der Waals surface area contributed by atoms with Crippen molar-refractivity contribution in [2.45, 2.75) is 18.9 Å². The predicted octanol–water partition coefficient (Wildman–Crippen LogP) is 3.06. The third kappa shape index (κ3) is 4.14. The maximum atomic E-state index is 10.7. The van der Waals surface area contributed by atoms with E-state index in [0.29, 0.717) is 18.3 Å². The molecule has 3 N–H and O–H groups in total. The van der Waals surface area contributed by atoms with Gasteiger partial charge in [-0.3, -0.25) is 0 Å². The number of aromatic nitrogens is 1. The number of amides is 1. The summed E-state index contributed by atoms with van der Waals surface area (Å²) in [5, 5.41) is 11.5. The van der Waals surface area contributed by atoms with Crippen LogP contribution in [0, 0.1) is 0 Å². The number of carbonyl (C=O) groups is 1. The number of likely N-dealkylation sites (N-methyl/N-ethyl adjacent to an activating group) is 1. The van der Waals surface area contributed by atoms with E-state index in [1.54, 1.807) is 0 Å². The summed E-state index contributed by atoms with van der Waals surface area (Å²) >= 11 is 1.48. The fraction of sp³-hybridized carbons (Fsp3) is 0.412. The number of carboxylic acid groups (broad SMARTS) is 1. The molecule has 0 saturated carbocycles. The van der Waals surface area contributed by atoms with Gasteiger partial charge in [0.2, 0.25) is 0 Å². The van der Waals surface area contributed by atoms with E-state index in [9.17, 15) is 4.79 Å². The number of hydrogen-bond donors (Lipinski definition) is 2. The van der Waals surface area contributed by atoms with Crippen molar-refractivity contribution in [3.8, 4) is 5.75 Å². The molecule has 1 saturated heterocycles. The first-order valence-electron chi connectivity index (χ1n) is 8.19. The van der Waals surface area contributed by atoms with Gasteiger partial charge in [0.15, 0.2) is 5.13 Å². The number of nitrogens with zero attached hydrogens (tertiary/aromatic N) is 3. The van der Waals surface area contributed by atoms with Crippen LogP contribution in [0.1, 0.15) is 24.6 Å². The lowest BCUT2D eigenvalue weighted by Gasteiger charge is -2.25. The molecule has 1 aliphatic heterocycles. The molecule has 0 bridgehead atoms. The fourth-order valence-corrected chi connectivity index (χ4v) is 3.58. The molecule has 2 heterocycles. The number of nitrogens with two attached hydrogens (primary N) is 1. The van der Waals surface area contributed by atoms with Crippen molar-refractivity contribution in [3.05, 3.63) is 35.3 Å². The average Bonchev–Trinajstić information content (AvgIpc) is 3.24. The second-order valence-corrected chi connectivity index (χ2v) is 6.90. The van der Waals surface area contributed by atoms with Crippen molar-refractivity contribution < 1.29 is 14.6 Å². The van der Waals surface area contributed by atoms with E-state index in [4.69, 9.17) is 15.6 Å². The highest BCUT2D eigenvalue weighted by atomic mass is 32.1. The zero-order valence-corrected chi connectivity index (χ0v) is 14.9. The lowest BCUT2D eigenvalue weighted by Crippen LogP contribution is -2.29. The SMILES string of the molecule is CN(CCOc1ccc(N2CCC[C@@H]2c2csc(N)n2)cc1)C(=O)O. The fourth-order valence-electron chi connectivity index (χ4n) is 2.97. The third-order valence-electron chi connectivity index (χ3n) is 4.32. The Bertz CT molecular complexity index is 719. The zero-order chi connectivity index (χ0) is 17.8. The normalized spacial score (nSPS) is 16.8. The van der Waals surface area contributed by atoms with Gasteiger partial charge in [-0.05, 0) is 37.1 Å². The van der Waals surface area contributed by atoms with Gasteiger partial charge < -0.3 is 25.4 Å². The van der Waals surface area contributed by atoms with Gasteiger partial charge in [-0.15, -0.1) is 11.3 Å². The molecule has 8 heteroatoms. The highest BCUT2D eigenvalue weighted by Gasteiger charge is 2.28. The van der Waals surface area contributed by atoms with Gasteiger partial charge in [0.25, 0.3) is 0 Å². The van der Waals surface area contributed by atoms with E-state index in [-0.39, 0.29) is 6.04 Å². The number of nitrogen functional groups attached to an aromatic ring is 1. The van der Waals surface area contributed by atoms with Gasteiger partial charge in [0, 0.05) is 24.7 Å². The molecule has 0 aliphatic carbocycles. The molecule has 1 amide bonds. The maximum Gasteiger partial charge on any atom is 0.407 e. The Kier molecular flexibility index (Phi) is 5.28. The highest BCUT2D eigenvalue weighted by Crippen LogP contribution is 2.37. The maximum absolute atomic E-state index is 10.7. The van der Waals surface area contributed by atoms with Crippen LogP contribution >= 0.6 is 11.3 Å². The Hall–Kier alpha value is -2.48. The molecule has 134 valence electrons. The Morgan fingerprint density at radius 1 is 1.48 bits per heavy atom. The van der Waals surface area contributed by atoms with Crippen LogP contribution in [0.4, 0.5) is 15.6 Å². The summed E-state index contributed by atoms with van der Waals surface area (Å²) in [4.78, 5) is 18.7. The van der Waals surface area contributed by atoms with Gasteiger partial charge in [0.1, 0.15) is 12.4 Å². The number of benzene rings is 1. The standard InChI is InChI=1S/C17H22N4O3S/c1-20(17(22)23)9-10-24-13-6-4-12(5-7-13)21-8-2-3-15(21)14-11-25-16(18)19-14/h4-7,11,15H,2-3,8-10H2,1H3,(H2,18,19)(H,22,23)/t15-/m1/s1. The molecule has 0 radical (unpaired) electrons. The van der Waals surface area contributed by atoms with E-state index in [2.05, 4.69) is 9.88 Å². The van der Waals surface area contributed by atoms with E-state index in [1.165, 1.54) is 23.3 Å². The third-order valence-corrected chi connectivity index (χ3v) is 5.02. The molecule has 25 heavy (non-hydrogen) atoms. The second kappa shape index (κ2) is 7.60. The summed E-state index contributed by atoms with van der Waals surface area (Å²) < 4.78 is 5.61. The van der Waals surface area contributed by atoms with Gasteiger partial charge in [0.05, 0.1) is 18.3 Å². The molecule has 1 aliphatic rings. The summed E-state index contributed by atoms with van der Waals surface area (Å²) in [6.45, 7) is 1.65. The molecule has 2 aromatic rings. The van der Waals surface area contributed by atoms with Crippen LogP contribution in [0.5, 0.6) is 5.75 Å². The number of hydrogen-bond acceptors (Lipinski definition) is 6. The van der Waals surface area contributed by atoms with Crippen LogP contribution in [0.25, 0.3) is 0 Å². The first-order chi connectivity index (χ1) is 12.0. The van der Waals surface area contributed by atoms with Crippen LogP contribution in [0.2, 0.25) is 0 Å². The average molecular weight is 362 g/mol. The van der Waals surface area contributed by atoms with Crippen LogP contribution in [0.15, 0.2) is 29.6 Å². The minimum Gasteiger partial charge on any atom is -0.492 e. The number of ether oxygens (including phenoxy) is 1. The lowest BCUT2D eigenvalue weighted by molar-refractivity contribution is 0.147. The van der Waals surface area contributed by atoms with E-state index in [0.717, 1.165) is 36.5 Å². The Morgan fingerprint density at radius 3 is 2.88 bits per heavy atom. The molecule has 3 rings (SSSR count). The van der Waals surface area contributed by atoms with E-state index < -0.39 is 6.09 Å². The Balaban J connectivity index is 1.60. The van der Waals surface area contributed by atoms with Crippen molar-refractivity contribution in [2.75, 3.05) is 37.4 Å². The molecule has 1 aromatic heterocycles. The molecule has 1 fully saturated rings. The van der Waals surface area contributed by atoms with E-state index >= 15 is 0 Å². The van der Waals surface area contributed by atoms with Crippen LogP contribution in [0.3, 0.4) is 0 Å². The van der Waals surface area contributed by atoms with Gasteiger partial charge in [-0.1, -0.05) is 0 Å². The molecular formula is C17H22N4O3S. The number of thiazole rings is 1. The first kappa shape index (κ1) is 17.3. The molecule has 0 spiro atoms. The van der Waals surface area contributed by atoms with Crippen molar-refractivity contribution in [1.29, 1.82) is 0 Å². The van der Waals surface area contributed by atoms with Crippen LogP contribution < -0.4 is 15.4 Å². The quantitative estimate of drug-likeness (QED) is 0.820. The molecule has 7 nitrogen and oxygen atoms in total. The summed E-state index contributed by atoms with van der Waals surface area (Å²) in [6, 6.07) is 8.17. The predicted molar refractivity (Wildman–Crippen MR) is 98.4 cm³/mol. The highest BCUT2D eigenvalue weighted by molar-refractivity contribution is 7.13. The molecule has 0 unspecified atom stereocenters. The summed E-state index contributed by atoms with van der Waals surface area (Å²) in [5.41, 5.74) is 7.94. The van der Waals surface area contributed by atoms with Gasteiger partial charge in [-0.2, -0.15) is 0 Å². The van der Waals surface area contributed by atoms with Crippen molar-refractivity contribution in [3.63, 3.8) is 0 Å². The van der Waals surface area contributed by atoms with Gasteiger partial charge >= 0.3 is 6.09 Å². The number of anilines is 2. The van der Waals surface area contributed by atoms with Crippen LogP contribution in [-0.2, 0) is 0 Å². The largest absolute Gasteiger partial charge is 0.492 e. The first-order valence-corrected chi connectivity index (χ1v) is 9.07. The minimum atomic E-state index is -0.957. The number of rotatable bonds is 6. The topological polar surface area (TPSA) is 91.9 Å². The summed E-state index contributed by atoms with van der Waals surface area (Å²) in [6.07, 6.45) is 1.24. The van der Waals surface area contributed by atoms with Crippen molar-refractivity contribution >= 4 is 28.2 Å². The van der Waals surface area contributed by atoms with E-state index in [1.807, 2.05) is 29.6 Å². The molecular weight excluding hydrogens is 340 g/mol. The molecule has 1 atom stereocenters. The minimum absolute atomic E-state index is 0.268. The van der Waals surface area contributed by atoms with Crippen molar-refractivity contribution in [2.24, 2.45) is 0 Å². The van der Waals surface area contributed by atoms with Crippen LogP contribution in [-0.4, -0.2) is 47.8 Å². The Morgan fingerprint density at radius 2 is 2.24 bits per heavy atom. The second-order valence-electron chi connectivity index (χ2n) is 6.01. The zero-order valence-electron chi connectivity index (χ0n) is 14.1. The van der Waals surface area contributed by atoms with Crippen molar-refractivity contribution in [1.82, 2.24) is 9.88 Å². The smallest absolute Gasteiger partial charge is 0.407 e. The summed E-state index contributed by atoms with van der Waals surface area (Å²) in [5.74, 6) is 0.733.